The largest absolute Gasteiger partial charge is 0.494 e. The number of halogens is 1. The van der Waals surface area contributed by atoms with E-state index in [1.165, 1.54) is 7.11 Å². The van der Waals surface area contributed by atoms with Gasteiger partial charge < -0.3 is 14.0 Å². The first-order chi connectivity index (χ1) is 9.18. The van der Waals surface area contributed by atoms with E-state index in [1.54, 1.807) is 12.1 Å². The molecule has 0 aliphatic carbocycles. The van der Waals surface area contributed by atoms with Crippen molar-refractivity contribution in [3.63, 3.8) is 0 Å². The van der Waals surface area contributed by atoms with Gasteiger partial charge in [-0.15, -0.1) is 0 Å². The van der Waals surface area contributed by atoms with Crippen molar-refractivity contribution in [2.75, 3.05) is 7.11 Å². The van der Waals surface area contributed by atoms with Crippen molar-refractivity contribution in [3.05, 3.63) is 28.2 Å². The molecule has 0 saturated carbocycles. The molecule has 1 aromatic rings. The third-order valence-electron chi connectivity index (χ3n) is 3.92. The van der Waals surface area contributed by atoms with Crippen molar-refractivity contribution in [2.24, 2.45) is 0 Å². The molecule has 0 aromatic heterocycles. The number of hydrogen-bond donors (Lipinski definition) is 0. The molecule has 1 fully saturated rings. The fourth-order valence-electron chi connectivity index (χ4n) is 1.94. The van der Waals surface area contributed by atoms with Crippen LogP contribution in [0.3, 0.4) is 0 Å². The van der Waals surface area contributed by atoms with Gasteiger partial charge in [0.2, 0.25) is 0 Å². The minimum absolute atomic E-state index is 0.393. The van der Waals surface area contributed by atoms with Gasteiger partial charge in [-0.2, -0.15) is 0 Å². The first-order valence-corrected chi connectivity index (χ1v) is 7.20. The van der Waals surface area contributed by atoms with E-state index < -0.39 is 24.3 Å². The second-order valence-corrected chi connectivity index (χ2v) is 6.67. The maximum atomic E-state index is 11.7. The predicted octanol–water partition coefficient (Wildman–Crippen LogP) is 2.53. The van der Waals surface area contributed by atoms with Crippen molar-refractivity contribution in [1.29, 1.82) is 0 Å². The van der Waals surface area contributed by atoms with Crippen LogP contribution < -0.4 is 5.46 Å². The number of ether oxygens (including phenoxy) is 1. The number of hydrogen-bond acceptors (Lipinski definition) is 4. The van der Waals surface area contributed by atoms with Gasteiger partial charge >= 0.3 is 13.1 Å². The number of carbonyl (C=O) groups excluding carboxylic acids is 1. The zero-order valence-corrected chi connectivity index (χ0v) is 13.9. The SMILES string of the molecule is COC(=O)c1cc(B2OC(C)(C)C(C)(C)O2)ccc1Br. The first-order valence-electron chi connectivity index (χ1n) is 6.41. The van der Waals surface area contributed by atoms with Crippen LogP contribution in [0.1, 0.15) is 38.1 Å². The summed E-state index contributed by atoms with van der Waals surface area (Å²) in [6.07, 6.45) is 0. The lowest BCUT2D eigenvalue weighted by molar-refractivity contribution is 0.00578. The third-order valence-corrected chi connectivity index (χ3v) is 4.61. The Morgan fingerprint density at radius 3 is 2.25 bits per heavy atom. The summed E-state index contributed by atoms with van der Waals surface area (Å²) in [4.78, 5) is 11.7. The zero-order valence-electron chi connectivity index (χ0n) is 12.3. The Kier molecular flexibility index (Phi) is 4.02. The minimum atomic E-state index is -0.489. The Labute approximate surface area is 128 Å². The molecule has 0 radical (unpaired) electrons. The summed E-state index contributed by atoms with van der Waals surface area (Å²) in [6, 6.07) is 5.41. The van der Waals surface area contributed by atoms with Crippen molar-refractivity contribution in [3.8, 4) is 0 Å². The quantitative estimate of drug-likeness (QED) is 0.613. The maximum absolute atomic E-state index is 11.7. The van der Waals surface area contributed by atoms with Crippen molar-refractivity contribution in [1.82, 2.24) is 0 Å². The molecule has 1 heterocycles. The van der Waals surface area contributed by atoms with E-state index >= 15 is 0 Å². The highest BCUT2D eigenvalue weighted by Crippen LogP contribution is 2.36. The molecule has 0 amide bonds. The summed E-state index contributed by atoms with van der Waals surface area (Å²) < 4.78 is 17.4. The number of carbonyl (C=O) groups is 1. The molecule has 2 rings (SSSR count). The highest BCUT2D eigenvalue weighted by Gasteiger charge is 2.51. The molecular formula is C14H18BBrO4. The summed E-state index contributed by atoms with van der Waals surface area (Å²) in [6.45, 7) is 7.97. The van der Waals surface area contributed by atoms with E-state index in [0.29, 0.717) is 10.0 Å². The van der Waals surface area contributed by atoms with Crippen LogP contribution in [0.2, 0.25) is 0 Å². The third kappa shape index (κ3) is 2.64. The van der Waals surface area contributed by atoms with Gasteiger partial charge in [-0.3, -0.25) is 0 Å². The Balaban J connectivity index is 2.34. The second kappa shape index (κ2) is 5.17. The monoisotopic (exact) mass is 340 g/mol. The van der Waals surface area contributed by atoms with Crippen LogP contribution in [-0.2, 0) is 14.0 Å². The van der Waals surface area contributed by atoms with Gasteiger partial charge in [0.15, 0.2) is 0 Å². The fraction of sp³-hybridized carbons (Fsp3) is 0.500. The van der Waals surface area contributed by atoms with Crippen LogP contribution in [0.4, 0.5) is 0 Å². The molecule has 4 nitrogen and oxygen atoms in total. The molecule has 20 heavy (non-hydrogen) atoms. The van der Waals surface area contributed by atoms with Crippen LogP contribution in [0.25, 0.3) is 0 Å². The average Bonchev–Trinajstić information content (AvgIpc) is 2.58. The van der Waals surface area contributed by atoms with Crippen LogP contribution in [0.15, 0.2) is 22.7 Å². The lowest BCUT2D eigenvalue weighted by Gasteiger charge is -2.32. The highest BCUT2D eigenvalue weighted by molar-refractivity contribution is 9.10. The standard InChI is InChI=1S/C14H18BBrO4/c1-13(2)14(3,4)20-15(19-13)9-6-7-11(16)10(8-9)12(17)18-5/h6-8H,1-5H3. The highest BCUT2D eigenvalue weighted by atomic mass is 79.9. The van der Waals surface area contributed by atoms with Crippen molar-refractivity contribution < 1.29 is 18.8 Å². The Hall–Kier alpha value is -0.845. The molecule has 108 valence electrons. The molecule has 1 aliphatic rings. The van der Waals surface area contributed by atoms with Crippen LogP contribution in [0, 0.1) is 0 Å². The Bertz CT molecular complexity index is 526. The van der Waals surface area contributed by atoms with E-state index in [2.05, 4.69) is 15.9 Å². The van der Waals surface area contributed by atoms with Gasteiger partial charge in [0, 0.05) is 4.47 Å². The molecule has 0 spiro atoms. The number of rotatable bonds is 2. The molecule has 1 aliphatic heterocycles. The molecule has 0 bridgehead atoms. The Morgan fingerprint density at radius 2 is 1.75 bits per heavy atom. The number of benzene rings is 1. The predicted molar refractivity (Wildman–Crippen MR) is 81.2 cm³/mol. The average molecular weight is 341 g/mol. The van der Waals surface area contributed by atoms with E-state index in [4.69, 9.17) is 14.0 Å². The summed E-state index contributed by atoms with van der Waals surface area (Å²) in [5, 5.41) is 0. The summed E-state index contributed by atoms with van der Waals surface area (Å²) in [5.74, 6) is -0.393. The van der Waals surface area contributed by atoms with Gasteiger partial charge in [-0.1, -0.05) is 6.07 Å². The topological polar surface area (TPSA) is 44.8 Å². The van der Waals surface area contributed by atoms with E-state index in [0.717, 1.165) is 5.46 Å². The van der Waals surface area contributed by atoms with E-state index in [1.807, 2.05) is 33.8 Å². The number of esters is 1. The fourth-order valence-corrected chi connectivity index (χ4v) is 2.34. The van der Waals surface area contributed by atoms with Gasteiger partial charge in [-0.25, -0.2) is 4.79 Å². The lowest BCUT2D eigenvalue weighted by Crippen LogP contribution is -2.41. The summed E-state index contributed by atoms with van der Waals surface area (Å²) in [7, 11) is 0.868. The zero-order chi connectivity index (χ0) is 15.1. The summed E-state index contributed by atoms with van der Waals surface area (Å²) >= 11 is 3.34. The van der Waals surface area contributed by atoms with E-state index in [9.17, 15) is 4.79 Å². The van der Waals surface area contributed by atoms with Gasteiger partial charge in [0.25, 0.3) is 0 Å². The molecule has 1 saturated heterocycles. The number of methoxy groups -OCH3 is 1. The van der Waals surface area contributed by atoms with E-state index in [-0.39, 0.29) is 0 Å². The smallest absolute Gasteiger partial charge is 0.465 e. The van der Waals surface area contributed by atoms with Gasteiger partial charge in [0.05, 0.1) is 23.9 Å². The van der Waals surface area contributed by atoms with Gasteiger partial charge in [0.1, 0.15) is 0 Å². The first kappa shape index (κ1) is 15.5. The molecule has 6 heteroatoms. The second-order valence-electron chi connectivity index (χ2n) is 5.82. The van der Waals surface area contributed by atoms with Crippen LogP contribution in [-0.4, -0.2) is 31.4 Å². The molecule has 0 unspecified atom stereocenters. The molecular weight excluding hydrogens is 323 g/mol. The van der Waals surface area contributed by atoms with Crippen LogP contribution in [0.5, 0.6) is 0 Å². The van der Waals surface area contributed by atoms with Crippen molar-refractivity contribution in [2.45, 2.75) is 38.9 Å². The molecule has 0 N–H and O–H groups in total. The molecule has 1 aromatic carbocycles. The molecule has 0 atom stereocenters. The maximum Gasteiger partial charge on any atom is 0.494 e. The normalized spacial score (nSPS) is 20.0. The van der Waals surface area contributed by atoms with Crippen LogP contribution >= 0.6 is 15.9 Å². The van der Waals surface area contributed by atoms with Gasteiger partial charge in [-0.05, 0) is 61.2 Å². The van der Waals surface area contributed by atoms with Crippen molar-refractivity contribution >= 4 is 34.5 Å². The summed E-state index contributed by atoms with van der Waals surface area (Å²) in [5.41, 5.74) is 0.443. The Morgan fingerprint density at radius 1 is 1.20 bits per heavy atom. The lowest BCUT2D eigenvalue weighted by atomic mass is 9.78. The minimum Gasteiger partial charge on any atom is -0.465 e.